The highest BCUT2D eigenvalue weighted by Gasteiger charge is 2.37. The van der Waals surface area contributed by atoms with E-state index >= 15 is 0 Å². The highest BCUT2D eigenvalue weighted by Crippen LogP contribution is 2.32. The molecular formula is C27H33FN4O3. The number of piperazine rings is 1. The van der Waals surface area contributed by atoms with Crippen molar-refractivity contribution >= 4 is 23.4 Å². The van der Waals surface area contributed by atoms with Gasteiger partial charge in [0.15, 0.2) is 5.78 Å². The molecule has 2 fully saturated rings. The normalized spacial score (nSPS) is 21.6. The second-order valence-corrected chi connectivity index (χ2v) is 9.47. The van der Waals surface area contributed by atoms with Crippen LogP contribution in [0.3, 0.4) is 0 Å². The van der Waals surface area contributed by atoms with Gasteiger partial charge in [-0.3, -0.25) is 14.5 Å². The van der Waals surface area contributed by atoms with E-state index in [0.717, 1.165) is 25.7 Å². The number of carbonyl (C=O) groups is 3. The fourth-order valence-electron chi connectivity index (χ4n) is 5.33. The molecule has 35 heavy (non-hydrogen) atoms. The van der Waals surface area contributed by atoms with Crippen molar-refractivity contribution < 1.29 is 18.8 Å². The van der Waals surface area contributed by atoms with E-state index in [1.165, 1.54) is 13.0 Å². The zero-order chi connectivity index (χ0) is 24.8. The van der Waals surface area contributed by atoms with Crippen LogP contribution in [0.2, 0.25) is 0 Å². The first-order chi connectivity index (χ1) is 16.9. The fourth-order valence-corrected chi connectivity index (χ4v) is 5.33. The van der Waals surface area contributed by atoms with Gasteiger partial charge in [-0.05, 0) is 55.9 Å². The van der Waals surface area contributed by atoms with Crippen molar-refractivity contribution in [3.8, 4) is 0 Å². The Labute approximate surface area is 205 Å². The molecule has 2 aromatic carbocycles. The lowest BCUT2D eigenvalue weighted by atomic mass is 9.77. The van der Waals surface area contributed by atoms with Gasteiger partial charge < -0.3 is 16.0 Å². The Bertz CT molecular complexity index is 1080. The summed E-state index contributed by atoms with van der Waals surface area (Å²) in [5.41, 5.74) is 1.71. The first-order valence-corrected chi connectivity index (χ1v) is 12.3. The number of ketones is 1. The number of urea groups is 1. The lowest BCUT2D eigenvalue weighted by Gasteiger charge is -2.44. The number of nitrogens with one attached hydrogen (secondary N) is 3. The number of nitrogens with zero attached hydrogens (tertiary/aromatic N) is 1. The molecule has 0 radical (unpaired) electrons. The van der Waals surface area contributed by atoms with Gasteiger partial charge in [0.25, 0.3) is 0 Å². The molecule has 2 aliphatic rings. The van der Waals surface area contributed by atoms with Crippen molar-refractivity contribution in [3.05, 3.63) is 65.5 Å². The van der Waals surface area contributed by atoms with E-state index < -0.39 is 0 Å². The molecule has 2 aromatic rings. The quantitative estimate of drug-likeness (QED) is 0.527. The summed E-state index contributed by atoms with van der Waals surface area (Å²) in [5.74, 6) is -0.271. The first-order valence-electron chi connectivity index (χ1n) is 12.3. The molecule has 3 N–H and O–H groups in total. The molecule has 8 heteroatoms. The summed E-state index contributed by atoms with van der Waals surface area (Å²) in [6, 6.07) is 13.1. The number of amides is 3. The second kappa shape index (κ2) is 11.4. The van der Waals surface area contributed by atoms with E-state index in [4.69, 9.17) is 0 Å². The minimum atomic E-state index is -0.330. The molecule has 0 bridgehead atoms. The van der Waals surface area contributed by atoms with E-state index in [2.05, 4.69) is 20.9 Å². The summed E-state index contributed by atoms with van der Waals surface area (Å²) in [5, 5.41) is 8.86. The third-order valence-corrected chi connectivity index (χ3v) is 7.08. The van der Waals surface area contributed by atoms with Crippen LogP contribution >= 0.6 is 0 Å². The van der Waals surface area contributed by atoms with Gasteiger partial charge in [-0.15, -0.1) is 0 Å². The van der Waals surface area contributed by atoms with E-state index in [9.17, 15) is 18.8 Å². The van der Waals surface area contributed by atoms with Gasteiger partial charge in [-0.2, -0.15) is 0 Å². The number of benzene rings is 2. The molecule has 1 heterocycles. The van der Waals surface area contributed by atoms with E-state index in [1.807, 2.05) is 6.07 Å². The molecule has 4 rings (SSSR count). The Kier molecular flexibility index (Phi) is 8.13. The molecule has 1 unspecified atom stereocenters. The summed E-state index contributed by atoms with van der Waals surface area (Å²) in [7, 11) is 0. The van der Waals surface area contributed by atoms with Gasteiger partial charge in [0.05, 0.1) is 6.54 Å². The predicted octanol–water partition coefficient (Wildman–Crippen LogP) is 3.75. The Morgan fingerprint density at radius 1 is 1.14 bits per heavy atom. The van der Waals surface area contributed by atoms with Crippen molar-refractivity contribution in [1.29, 1.82) is 0 Å². The molecular weight excluding hydrogens is 447 g/mol. The number of hydrogen-bond acceptors (Lipinski definition) is 4. The third-order valence-electron chi connectivity index (χ3n) is 7.08. The molecule has 7 nitrogen and oxygen atoms in total. The van der Waals surface area contributed by atoms with Gasteiger partial charge in [0.1, 0.15) is 5.82 Å². The molecule has 186 valence electrons. The standard InChI is InChI=1S/C27H33FN4O3/c1-18(33)19-8-6-9-21(15-19)30-27(35)31-24-12-5-3-10-22(24)25(32-14-13-29-26(34)17-32)16-20-7-2-4-11-23(20)28/h2,4,6-9,11,15,22,24-25H,3,5,10,12-14,16-17H2,1H3,(H,29,34)(H2,30,31,35)/t22-,24+,25?/m0/s1. The lowest BCUT2D eigenvalue weighted by molar-refractivity contribution is -0.125. The van der Waals surface area contributed by atoms with Crippen LogP contribution < -0.4 is 16.0 Å². The van der Waals surface area contributed by atoms with Crippen LogP contribution in [0.1, 0.15) is 48.5 Å². The van der Waals surface area contributed by atoms with Crippen LogP contribution in [0.4, 0.5) is 14.9 Å². The fraction of sp³-hybridized carbons (Fsp3) is 0.444. The molecule has 1 saturated carbocycles. The minimum Gasteiger partial charge on any atom is -0.354 e. The van der Waals surface area contributed by atoms with E-state index in [-0.39, 0.29) is 48.1 Å². The lowest BCUT2D eigenvalue weighted by Crippen LogP contribution is -2.58. The Hall–Kier alpha value is -3.26. The second-order valence-electron chi connectivity index (χ2n) is 9.47. The Balaban J connectivity index is 1.52. The van der Waals surface area contributed by atoms with Crippen LogP contribution in [0.5, 0.6) is 0 Å². The van der Waals surface area contributed by atoms with Crippen molar-refractivity contribution in [2.45, 2.75) is 51.1 Å². The van der Waals surface area contributed by atoms with Gasteiger partial charge >= 0.3 is 6.03 Å². The third kappa shape index (κ3) is 6.45. The highest BCUT2D eigenvalue weighted by atomic mass is 19.1. The number of rotatable bonds is 7. The Morgan fingerprint density at radius 2 is 1.94 bits per heavy atom. The van der Waals surface area contributed by atoms with Crippen LogP contribution in [0.25, 0.3) is 0 Å². The maximum atomic E-state index is 14.6. The van der Waals surface area contributed by atoms with Crippen molar-refractivity contribution in [2.75, 3.05) is 25.0 Å². The smallest absolute Gasteiger partial charge is 0.319 e. The molecule has 3 amide bonds. The number of halogens is 1. The van der Waals surface area contributed by atoms with Crippen molar-refractivity contribution in [2.24, 2.45) is 5.92 Å². The SMILES string of the molecule is CC(=O)c1cccc(NC(=O)N[C@@H]2CCCC[C@@H]2C(Cc2ccccc2F)N2CCNC(=O)C2)c1. The van der Waals surface area contributed by atoms with Crippen LogP contribution in [0.15, 0.2) is 48.5 Å². The van der Waals surface area contributed by atoms with E-state index in [0.29, 0.717) is 36.3 Å². The molecule has 0 aromatic heterocycles. The minimum absolute atomic E-state index is 0.0294. The predicted molar refractivity (Wildman–Crippen MR) is 133 cm³/mol. The van der Waals surface area contributed by atoms with Crippen molar-refractivity contribution in [1.82, 2.24) is 15.5 Å². The summed E-state index contributed by atoms with van der Waals surface area (Å²) < 4.78 is 14.6. The summed E-state index contributed by atoms with van der Waals surface area (Å²) in [4.78, 5) is 38.9. The summed E-state index contributed by atoms with van der Waals surface area (Å²) >= 11 is 0. The highest BCUT2D eigenvalue weighted by molar-refractivity contribution is 5.96. The van der Waals surface area contributed by atoms with E-state index in [1.54, 1.807) is 36.4 Å². The maximum Gasteiger partial charge on any atom is 0.319 e. The number of hydrogen-bond donors (Lipinski definition) is 3. The Morgan fingerprint density at radius 3 is 2.71 bits per heavy atom. The van der Waals surface area contributed by atoms with Gasteiger partial charge in [0.2, 0.25) is 5.91 Å². The molecule has 0 spiro atoms. The summed E-state index contributed by atoms with van der Waals surface area (Å²) in [6.45, 7) is 3.01. The summed E-state index contributed by atoms with van der Waals surface area (Å²) in [6.07, 6.45) is 4.21. The number of Topliss-reactive ketones (excluding diaryl/α,β-unsaturated/α-hetero) is 1. The zero-order valence-electron chi connectivity index (χ0n) is 20.1. The zero-order valence-corrected chi connectivity index (χ0v) is 20.1. The van der Waals surface area contributed by atoms with Gasteiger partial charge in [-0.1, -0.05) is 43.2 Å². The first kappa shape index (κ1) is 24.9. The molecule has 1 aliphatic carbocycles. The van der Waals surface area contributed by atoms with Crippen LogP contribution in [-0.2, 0) is 11.2 Å². The monoisotopic (exact) mass is 480 g/mol. The average Bonchev–Trinajstić information content (AvgIpc) is 2.84. The number of anilines is 1. The van der Waals surface area contributed by atoms with Crippen LogP contribution in [0, 0.1) is 11.7 Å². The topological polar surface area (TPSA) is 90.5 Å². The van der Waals surface area contributed by atoms with Crippen molar-refractivity contribution in [3.63, 3.8) is 0 Å². The molecule has 1 aliphatic heterocycles. The van der Waals surface area contributed by atoms with Gasteiger partial charge in [-0.25, -0.2) is 9.18 Å². The average molecular weight is 481 g/mol. The molecule has 1 saturated heterocycles. The number of carbonyl (C=O) groups excluding carboxylic acids is 3. The largest absolute Gasteiger partial charge is 0.354 e. The molecule has 3 atom stereocenters. The van der Waals surface area contributed by atoms with Crippen LogP contribution in [-0.4, -0.2) is 54.3 Å². The van der Waals surface area contributed by atoms with Gasteiger partial charge in [0, 0.05) is 36.4 Å². The maximum absolute atomic E-state index is 14.6.